The molecule has 2 aromatic rings. The van der Waals surface area contributed by atoms with E-state index in [1.807, 2.05) is 0 Å². The van der Waals surface area contributed by atoms with E-state index < -0.39 is 17.9 Å². The standard InChI is InChI=1S/C20H23F3N4O/c1-12(15-5-6-18(24-9-15)20(21,22)23)27-13(2)25-17-7-8-26(10-14-3-4-14)11-16(17)19(27)28/h5-6,9,12,14H,3-4,7-8,10-11H2,1-2H3. The summed E-state index contributed by atoms with van der Waals surface area (Å²) in [5.41, 5.74) is 1.07. The highest BCUT2D eigenvalue weighted by Gasteiger charge is 2.33. The van der Waals surface area contributed by atoms with Crippen LogP contribution in [0.15, 0.2) is 23.1 Å². The lowest BCUT2D eigenvalue weighted by Gasteiger charge is -2.29. The molecule has 5 nitrogen and oxygen atoms in total. The molecule has 1 atom stereocenters. The molecule has 0 saturated heterocycles. The number of nitrogens with zero attached hydrogens (tertiary/aromatic N) is 4. The van der Waals surface area contributed by atoms with Crippen molar-refractivity contribution in [3.05, 3.63) is 57.0 Å². The van der Waals surface area contributed by atoms with Crippen molar-refractivity contribution in [2.45, 2.75) is 51.9 Å². The van der Waals surface area contributed by atoms with Crippen molar-refractivity contribution >= 4 is 0 Å². The van der Waals surface area contributed by atoms with Crippen LogP contribution in [0.4, 0.5) is 13.2 Å². The molecular weight excluding hydrogens is 369 g/mol. The number of rotatable bonds is 4. The van der Waals surface area contributed by atoms with E-state index >= 15 is 0 Å². The summed E-state index contributed by atoms with van der Waals surface area (Å²) in [6.45, 7) is 6.09. The van der Waals surface area contributed by atoms with Gasteiger partial charge >= 0.3 is 6.18 Å². The molecule has 0 aromatic carbocycles. The van der Waals surface area contributed by atoms with Crippen molar-refractivity contribution in [1.29, 1.82) is 0 Å². The van der Waals surface area contributed by atoms with Gasteiger partial charge in [-0.2, -0.15) is 13.2 Å². The fraction of sp³-hybridized carbons (Fsp3) is 0.550. The first-order valence-corrected chi connectivity index (χ1v) is 9.60. The second-order valence-electron chi connectivity index (χ2n) is 7.84. The lowest BCUT2D eigenvalue weighted by molar-refractivity contribution is -0.141. The minimum Gasteiger partial charge on any atom is -0.298 e. The second kappa shape index (κ2) is 6.99. The topological polar surface area (TPSA) is 51.0 Å². The maximum atomic E-state index is 13.2. The molecule has 1 aliphatic heterocycles. The molecule has 150 valence electrons. The van der Waals surface area contributed by atoms with Gasteiger partial charge in [0.25, 0.3) is 5.56 Å². The summed E-state index contributed by atoms with van der Waals surface area (Å²) in [5.74, 6) is 1.33. The van der Waals surface area contributed by atoms with E-state index in [4.69, 9.17) is 0 Å². The zero-order valence-electron chi connectivity index (χ0n) is 16.0. The van der Waals surface area contributed by atoms with Gasteiger partial charge in [-0.05, 0) is 44.2 Å². The summed E-state index contributed by atoms with van der Waals surface area (Å²) >= 11 is 0. The first-order chi connectivity index (χ1) is 13.2. The number of aromatic nitrogens is 3. The zero-order chi connectivity index (χ0) is 20.1. The molecule has 1 aliphatic carbocycles. The molecule has 2 aromatic heterocycles. The van der Waals surface area contributed by atoms with Gasteiger partial charge in [-0.3, -0.25) is 19.2 Å². The summed E-state index contributed by atoms with van der Waals surface area (Å²) in [7, 11) is 0. The van der Waals surface area contributed by atoms with E-state index in [2.05, 4.69) is 14.9 Å². The fourth-order valence-electron chi connectivity index (χ4n) is 3.91. The molecule has 0 bridgehead atoms. The van der Waals surface area contributed by atoms with E-state index in [9.17, 15) is 18.0 Å². The Labute approximate surface area is 161 Å². The Kier molecular flexibility index (Phi) is 4.77. The Balaban J connectivity index is 1.65. The third-order valence-electron chi connectivity index (χ3n) is 5.68. The van der Waals surface area contributed by atoms with Crippen LogP contribution in [-0.4, -0.2) is 32.5 Å². The Morgan fingerprint density at radius 1 is 1.29 bits per heavy atom. The third-order valence-corrected chi connectivity index (χ3v) is 5.68. The van der Waals surface area contributed by atoms with E-state index in [1.54, 1.807) is 18.4 Å². The van der Waals surface area contributed by atoms with Gasteiger partial charge in [-0.1, -0.05) is 6.07 Å². The van der Waals surface area contributed by atoms with E-state index in [1.165, 1.54) is 25.1 Å². The molecule has 1 fully saturated rings. The molecule has 0 radical (unpaired) electrons. The number of alkyl halides is 3. The van der Waals surface area contributed by atoms with Crippen LogP contribution in [-0.2, 0) is 19.1 Å². The smallest absolute Gasteiger partial charge is 0.298 e. The van der Waals surface area contributed by atoms with Gasteiger partial charge < -0.3 is 0 Å². The van der Waals surface area contributed by atoms with Gasteiger partial charge in [0, 0.05) is 32.3 Å². The molecule has 28 heavy (non-hydrogen) atoms. The largest absolute Gasteiger partial charge is 0.433 e. The SMILES string of the molecule is Cc1nc2c(c(=O)n1C(C)c1ccc(C(F)(F)F)nc1)CN(CC1CC1)CC2. The number of aryl methyl sites for hydroxylation is 1. The highest BCUT2D eigenvalue weighted by atomic mass is 19.4. The Morgan fingerprint density at radius 2 is 2.04 bits per heavy atom. The molecule has 1 saturated carbocycles. The van der Waals surface area contributed by atoms with Gasteiger partial charge in [-0.25, -0.2) is 4.98 Å². The van der Waals surface area contributed by atoms with Crippen molar-refractivity contribution in [2.24, 2.45) is 5.92 Å². The molecule has 1 unspecified atom stereocenters. The van der Waals surface area contributed by atoms with Crippen LogP contribution >= 0.6 is 0 Å². The lowest BCUT2D eigenvalue weighted by atomic mass is 10.0. The lowest BCUT2D eigenvalue weighted by Crippen LogP contribution is -2.40. The molecule has 0 N–H and O–H groups in total. The number of fused-ring (bicyclic) bond motifs is 1. The number of pyridine rings is 1. The van der Waals surface area contributed by atoms with Gasteiger partial charge in [0.1, 0.15) is 11.5 Å². The van der Waals surface area contributed by atoms with Crippen LogP contribution < -0.4 is 5.56 Å². The van der Waals surface area contributed by atoms with E-state index in [0.29, 0.717) is 23.5 Å². The average Bonchev–Trinajstić information content (AvgIpc) is 3.45. The highest BCUT2D eigenvalue weighted by Crippen LogP contribution is 2.31. The second-order valence-corrected chi connectivity index (χ2v) is 7.84. The third kappa shape index (κ3) is 3.70. The predicted octanol–water partition coefficient (Wildman–Crippen LogP) is 3.34. The Morgan fingerprint density at radius 3 is 2.64 bits per heavy atom. The van der Waals surface area contributed by atoms with Crippen molar-refractivity contribution in [1.82, 2.24) is 19.4 Å². The maximum Gasteiger partial charge on any atom is 0.433 e. The number of hydrogen-bond donors (Lipinski definition) is 0. The molecule has 4 rings (SSSR count). The van der Waals surface area contributed by atoms with Gasteiger partial charge in [0.2, 0.25) is 0 Å². The van der Waals surface area contributed by atoms with Crippen molar-refractivity contribution < 1.29 is 13.2 Å². The van der Waals surface area contributed by atoms with Crippen molar-refractivity contribution in [2.75, 3.05) is 13.1 Å². The van der Waals surface area contributed by atoms with Gasteiger partial charge in [0.05, 0.1) is 17.3 Å². The van der Waals surface area contributed by atoms with Crippen molar-refractivity contribution in [3.63, 3.8) is 0 Å². The van der Waals surface area contributed by atoms with Crippen LogP contribution in [0.1, 0.15) is 54.1 Å². The maximum absolute atomic E-state index is 13.2. The summed E-state index contributed by atoms with van der Waals surface area (Å²) in [4.78, 5) is 23.7. The summed E-state index contributed by atoms with van der Waals surface area (Å²) in [5, 5.41) is 0. The minimum atomic E-state index is -4.48. The number of halogens is 3. The zero-order valence-corrected chi connectivity index (χ0v) is 16.0. The quantitative estimate of drug-likeness (QED) is 0.801. The van der Waals surface area contributed by atoms with E-state index in [-0.39, 0.29) is 5.56 Å². The predicted molar refractivity (Wildman–Crippen MR) is 98.0 cm³/mol. The Bertz CT molecular complexity index is 932. The monoisotopic (exact) mass is 392 g/mol. The molecular formula is C20H23F3N4O. The molecule has 8 heteroatoms. The van der Waals surface area contributed by atoms with Crippen LogP contribution in [0.25, 0.3) is 0 Å². The minimum absolute atomic E-state index is 0.101. The highest BCUT2D eigenvalue weighted by molar-refractivity contribution is 5.25. The van der Waals surface area contributed by atoms with Gasteiger partial charge in [-0.15, -0.1) is 0 Å². The first-order valence-electron chi connectivity index (χ1n) is 9.60. The Hall–Kier alpha value is -2.22. The van der Waals surface area contributed by atoms with Crippen LogP contribution in [0.5, 0.6) is 0 Å². The summed E-state index contributed by atoms with van der Waals surface area (Å²) in [6, 6.07) is 1.89. The summed E-state index contributed by atoms with van der Waals surface area (Å²) < 4.78 is 39.9. The van der Waals surface area contributed by atoms with Crippen molar-refractivity contribution in [3.8, 4) is 0 Å². The van der Waals surface area contributed by atoms with Crippen LogP contribution in [0.3, 0.4) is 0 Å². The molecule has 2 aliphatic rings. The first kappa shape index (κ1) is 19.1. The van der Waals surface area contributed by atoms with E-state index in [0.717, 1.165) is 37.2 Å². The van der Waals surface area contributed by atoms with Gasteiger partial charge in [0.15, 0.2) is 0 Å². The van der Waals surface area contributed by atoms with Crippen LogP contribution in [0.2, 0.25) is 0 Å². The average molecular weight is 392 g/mol. The molecule has 3 heterocycles. The summed E-state index contributed by atoms with van der Waals surface area (Å²) in [6.07, 6.45) is -0.00426. The normalized spacial score (nSPS) is 18.8. The fourth-order valence-corrected chi connectivity index (χ4v) is 3.91. The van der Waals surface area contributed by atoms with Crippen LogP contribution in [0, 0.1) is 12.8 Å². The number of hydrogen-bond acceptors (Lipinski definition) is 4. The molecule has 0 spiro atoms. The molecule has 0 amide bonds.